The minimum absolute atomic E-state index is 0.0161. The van der Waals surface area contributed by atoms with Crippen LogP contribution in [0, 0.1) is 0 Å². The van der Waals surface area contributed by atoms with Gasteiger partial charge >= 0.3 is 0 Å². The third kappa shape index (κ3) is 3.85. The number of carbonyl (C=O) groups is 1. The van der Waals surface area contributed by atoms with Crippen molar-refractivity contribution in [1.82, 2.24) is 15.2 Å². The summed E-state index contributed by atoms with van der Waals surface area (Å²) in [6.45, 7) is 9.33. The van der Waals surface area contributed by atoms with Crippen molar-refractivity contribution in [2.45, 2.75) is 26.7 Å². The number of hydrogen-bond donors (Lipinski definition) is 2. The molecule has 7 heteroatoms. The van der Waals surface area contributed by atoms with Crippen molar-refractivity contribution >= 4 is 28.2 Å². The van der Waals surface area contributed by atoms with E-state index < -0.39 is 0 Å². The van der Waals surface area contributed by atoms with Gasteiger partial charge in [-0.05, 0) is 13.3 Å². The molecule has 1 aliphatic rings. The Morgan fingerprint density at radius 3 is 2.76 bits per heavy atom. The summed E-state index contributed by atoms with van der Waals surface area (Å²) in [7, 11) is 0. The van der Waals surface area contributed by atoms with Crippen LogP contribution in [-0.2, 0) is 0 Å². The largest absolute Gasteiger partial charge is 0.382 e. The number of unbranched alkanes of at least 4 members (excludes halogenated alkanes) is 1. The zero-order valence-electron chi connectivity index (χ0n) is 12.9. The molecule has 0 bridgehead atoms. The standard InChI is InChI=1S/C14H25N5OS/c1-3-5-8-18(4-2)13(20)11-12(15)17-14(21-11)19-9-6-16-7-10-19/h16H,3-10,15H2,1-2H3. The van der Waals surface area contributed by atoms with E-state index in [1.54, 1.807) is 0 Å². The van der Waals surface area contributed by atoms with E-state index in [1.165, 1.54) is 11.3 Å². The van der Waals surface area contributed by atoms with Gasteiger partial charge in [-0.3, -0.25) is 4.79 Å². The summed E-state index contributed by atoms with van der Waals surface area (Å²) in [5, 5.41) is 4.17. The SMILES string of the molecule is CCCCN(CC)C(=O)c1sc(N2CCNCC2)nc1N. The van der Waals surface area contributed by atoms with Gasteiger partial charge in [0.15, 0.2) is 5.13 Å². The number of nitrogens with two attached hydrogens (primary N) is 1. The number of nitrogens with zero attached hydrogens (tertiary/aromatic N) is 3. The van der Waals surface area contributed by atoms with Crippen LogP contribution < -0.4 is 16.0 Å². The first-order chi connectivity index (χ1) is 10.2. The highest BCUT2D eigenvalue weighted by molar-refractivity contribution is 7.18. The summed E-state index contributed by atoms with van der Waals surface area (Å²) in [6.07, 6.45) is 2.09. The molecule has 2 heterocycles. The van der Waals surface area contributed by atoms with Crippen LogP contribution in [0.3, 0.4) is 0 Å². The summed E-state index contributed by atoms with van der Waals surface area (Å²) in [5.41, 5.74) is 5.98. The molecule has 1 aliphatic heterocycles. The Balaban J connectivity index is 2.11. The Morgan fingerprint density at radius 2 is 2.14 bits per heavy atom. The summed E-state index contributed by atoms with van der Waals surface area (Å²) in [6, 6.07) is 0. The van der Waals surface area contributed by atoms with E-state index in [-0.39, 0.29) is 5.91 Å². The Kier molecular flexibility index (Phi) is 5.81. The molecule has 1 saturated heterocycles. The quantitative estimate of drug-likeness (QED) is 0.830. The zero-order valence-corrected chi connectivity index (χ0v) is 13.7. The van der Waals surface area contributed by atoms with Crippen LogP contribution in [0.2, 0.25) is 0 Å². The molecule has 0 spiro atoms. The summed E-state index contributed by atoms with van der Waals surface area (Å²) >= 11 is 1.42. The van der Waals surface area contributed by atoms with Crippen molar-refractivity contribution < 1.29 is 4.79 Å². The maximum Gasteiger partial charge on any atom is 0.267 e. The van der Waals surface area contributed by atoms with Gasteiger partial charge in [-0.15, -0.1) is 0 Å². The smallest absolute Gasteiger partial charge is 0.267 e. The second kappa shape index (κ2) is 7.61. The molecule has 118 valence electrons. The van der Waals surface area contributed by atoms with Crippen LogP contribution in [-0.4, -0.2) is 55.1 Å². The first-order valence-corrected chi connectivity index (χ1v) is 8.50. The monoisotopic (exact) mass is 311 g/mol. The minimum Gasteiger partial charge on any atom is -0.382 e. The van der Waals surface area contributed by atoms with Gasteiger partial charge in [0.25, 0.3) is 5.91 Å². The number of anilines is 2. The van der Waals surface area contributed by atoms with Crippen LogP contribution >= 0.6 is 11.3 Å². The highest BCUT2D eigenvalue weighted by atomic mass is 32.1. The molecule has 1 aromatic heterocycles. The first kappa shape index (κ1) is 16.0. The van der Waals surface area contributed by atoms with Crippen molar-refractivity contribution in [3.05, 3.63) is 4.88 Å². The van der Waals surface area contributed by atoms with Gasteiger partial charge in [-0.25, -0.2) is 4.98 Å². The molecule has 0 aromatic carbocycles. The van der Waals surface area contributed by atoms with Gasteiger partial charge in [0.05, 0.1) is 0 Å². The number of nitrogens with one attached hydrogen (secondary N) is 1. The van der Waals surface area contributed by atoms with Gasteiger partial charge in [-0.1, -0.05) is 24.7 Å². The van der Waals surface area contributed by atoms with Gasteiger partial charge in [-0.2, -0.15) is 0 Å². The highest BCUT2D eigenvalue weighted by Gasteiger charge is 2.23. The molecule has 3 N–H and O–H groups in total. The lowest BCUT2D eigenvalue weighted by Gasteiger charge is -2.26. The number of nitrogen functional groups attached to an aromatic ring is 1. The average molecular weight is 311 g/mol. The zero-order chi connectivity index (χ0) is 15.2. The van der Waals surface area contributed by atoms with E-state index in [4.69, 9.17) is 5.73 Å². The third-order valence-corrected chi connectivity index (χ3v) is 4.79. The molecule has 1 amide bonds. The van der Waals surface area contributed by atoms with E-state index in [2.05, 4.69) is 22.1 Å². The number of piperazine rings is 1. The number of amides is 1. The number of carbonyl (C=O) groups excluding carboxylic acids is 1. The third-order valence-electron chi connectivity index (χ3n) is 3.67. The minimum atomic E-state index is 0.0161. The lowest BCUT2D eigenvalue weighted by Crippen LogP contribution is -2.43. The van der Waals surface area contributed by atoms with Crippen molar-refractivity contribution in [2.24, 2.45) is 0 Å². The second-order valence-electron chi connectivity index (χ2n) is 5.19. The van der Waals surface area contributed by atoms with Gasteiger partial charge < -0.3 is 20.9 Å². The van der Waals surface area contributed by atoms with E-state index in [9.17, 15) is 4.79 Å². The summed E-state index contributed by atoms with van der Waals surface area (Å²) in [5.74, 6) is 0.385. The van der Waals surface area contributed by atoms with Crippen LogP contribution in [0.5, 0.6) is 0 Å². The Hall–Kier alpha value is -1.34. The molecule has 0 radical (unpaired) electrons. The van der Waals surface area contributed by atoms with E-state index in [1.807, 2.05) is 11.8 Å². The predicted molar refractivity (Wildman–Crippen MR) is 88.1 cm³/mol. The molecule has 1 aromatic rings. The molecule has 0 aliphatic carbocycles. The van der Waals surface area contributed by atoms with Crippen LogP contribution in [0.25, 0.3) is 0 Å². The van der Waals surface area contributed by atoms with Crippen LogP contribution in [0.15, 0.2) is 0 Å². The van der Waals surface area contributed by atoms with Crippen LogP contribution in [0.1, 0.15) is 36.4 Å². The lowest BCUT2D eigenvalue weighted by molar-refractivity contribution is 0.0768. The normalized spacial score (nSPS) is 15.2. The van der Waals surface area contributed by atoms with Crippen molar-refractivity contribution in [3.8, 4) is 0 Å². The van der Waals surface area contributed by atoms with Crippen LogP contribution in [0.4, 0.5) is 10.9 Å². The van der Waals surface area contributed by atoms with Crippen molar-refractivity contribution in [3.63, 3.8) is 0 Å². The number of hydrogen-bond acceptors (Lipinski definition) is 6. The molecular formula is C14H25N5OS. The van der Waals surface area contributed by atoms with Crippen molar-refractivity contribution in [2.75, 3.05) is 49.9 Å². The maximum absolute atomic E-state index is 12.6. The Labute approximate surface area is 130 Å². The van der Waals surface area contributed by atoms with Gasteiger partial charge in [0.1, 0.15) is 10.7 Å². The fourth-order valence-corrected chi connectivity index (χ4v) is 3.37. The summed E-state index contributed by atoms with van der Waals surface area (Å²) < 4.78 is 0. The molecule has 0 saturated carbocycles. The van der Waals surface area contributed by atoms with Gasteiger partial charge in [0.2, 0.25) is 0 Å². The molecule has 0 atom stereocenters. The second-order valence-corrected chi connectivity index (χ2v) is 6.16. The molecule has 2 rings (SSSR count). The van der Waals surface area contributed by atoms with E-state index in [0.29, 0.717) is 17.2 Å². The first-order valence-electron chi connectivity index (χ1n) is 7.68. The predicted octanol–water partition coefficient (Wildman–Crippen LogP) is 1.40. The maximum atomic E-state index is 12.6. The summed E-state index contributed by atoms with van der Waals surface area (Å²) in [4.78, 5) is 21.6. The molecule has 1 fully saturated rings. The Bertz CT molecular complexity index is 470. The van der Waals surface area contributed by atoms with Crippen molar-refractivity contribution in [1.29, 1.82) is 0 Å². The molecule has 6 nitrogen and oxygen atoms in total. The number of aromatic nitrogens is 1. The average Bonchev–Trinajstić information content (AvgIpc) is 2.90. The molecule has 0 unspecified atom stereocenters. The number of thiazole rings is 1. The van der Waals surface area contributed by atoms with E-state index in [0.717, 1.165) is 50.7 Å². The topological polar surface area (TPSA) is 74.5 Å². The van der Waals surface area contributed by atoms with Gasteiger partial charge in [0, 0.05) is 39.3 Å². The fourth-order valence-electron chi connectivity index (χ4n) is 2.36. The molecular weight excluding hydrogens is 286 g/mol. The Morgan fingerprint density at radius 1 is 1.43 bits per heavy atom. The molecule has 21 heavy (non-hydrogen) atoms. The lowest BCUT2D eigenvalue weighted by atomic mass is 10.3. The fraction of sp³-hybridized carbons (Fsp3) is 0.714. The number of rotatable bonds is 6. The van der Waals surface area contributed by atoms with E-state index >= 15 is 0 Å². The highest BCUT2D eigenvalue weighted by Crippen LogP contribution is 2.29.